The van der Waals surface area contributed by atoms with Gasteiger partial charge in [-0.1, -0.05) is 6.07 Å². The maximum absolute atomic E-state index is 12.9. The van der Waals surface area contributed by atoms with Crippen molar-refractivity contribution in [3.05, 3.63) is 30.1 Å². The van der Waals surface area contributed by atoms with Crippen molar-refractivity contribution in [3.8, 4) is 0 Å². The molecule has 3 aliphatic rings. The minimum Gasteiger partial charge on any atom is -0.340 e. The number of hydrogen-bond donors (Lipinski definition) is 1. The average molecular weight is 371 g/mol. The Hall–Kier alpha value is -2.15. The quantitative estimate of drug-likeness (QED) is 0.867. The zero-order valence-corrected chi connectivity index (χ0v) is 15.8. The van der Waals surface area contributed by atoms with Crippen molar-refractivity contribution in [3.63, 3.8) is 0 Å². The van der Waals surface area contributed by atoms with Crippen LogP contribution in [-0.4, -0.2) is 76.9 Å². The molecule has 146 valence electrons. The third-order valence-corrected chi connectivity index (χ3v) is 5.83. The van der Waals surface area contributed by atoms with E-state index in [1.54, 1.807) is 0 Å². The van der Waals surface area contributed by atoms with Gasteiger partial charge >= 0.3 is 6.03 Å². The van der Waals surface area contributed by atoms with E-state index in [1.807, 2.05) is 34.2 Å². The van der Waals surface area contributed by atoms with Crippen molar-refractivity contribution >= 4 is 11.9 Å². The summed E-state index contributed by atoms with van der Waals surface area (Å²) in [6, 6.07) is 6.43. The lowest BCUT2D eigenvalue weighted by Gasteiger charge is -2.38. The Morgan fingerprint density at radius 2 is 1.70 bits per heavy atom. The van der Waals surface area contributed by atoms with Crippen molar-refractivity contribution in [2.45, 2.75) is 38.3 Å². The number of pyridine rings is 1. The molecule has 1 aliphatic carbocycles. The van der Waals surface area contributed by atoms with E-state index < -0.39 is 0 Å². The molecular formula is C20H29N5O2. The number of urea groups is 1. The first-order valence-electron chi connectivity index (χ1n) is 10.2. The molecule has 1 saturated carbocycles. The third kappa shape index (κ3) is 4.77. The number of carbonyl (C=O) groups is 2. The normalized spacial score (nSPS) is 21.9. The van der Waals surface area contributed by atoms with E-state index in [0.717, 1.165) is 64.1 Å². The molecular weight excluding hydrogens is 342 g/mol. The molecule has 2 saturated heterocycles. The standard InChI is InChI=1S/C20H29N5O2/c26-19(16-6-9-25(10-7-16)20(27)22-17-4-5-17)24-13-11-23(12-14-24)15-18-3-1-2-8-21-18/h1-3,8,16-17H,4-7,9-15H2,(H,22,27). The van der Waals surface area contributed by atoms with E-state index in [-0.39, 0.29) is 17.9 Å². The highest BCUT2D eigenvalue weighted by Gasteiger charge is 2.33. The number of nitrogens with zero attached hydrogens (tertiary/aromatic N) is 4. The molecule has 27 heavy (non-hydrogen) atoms. The molecule has 1 N–H and O–H groups in total. The molecule has 3 amide bonds. The number of rotatable bonds is 4. The van der Waals surface area contributed by atoms with Gasteiger partial charge in [0.25, 0.3) is 0 Å². The zero-order valence-electron chi connectivity index (χ0n) is 15.8. The van der Waals surface area contributed by atoms with Crippen molar-refractivity contribution in [2.75, 3.05) is 39.3 Å². The summed E-state index contributed by atoms with van der Waals surface area (Å²) < 4.78 is 0. The van der Waals surface area contributed by atoms with Gasteiger partial charge in [0.05, 0.1) is 5.69 Å². The van der Waals surface area contributed by atoms with E-state index in [1.165, 1.54) is 0 Å². The van der Waals surface area contributed by atoms with Crippen LogP contribution in [0, 0.1) is 5.92 Å². The summed E-state index contributed by atoms with van der Waals surface area (Å²) in [6.07, 6.45) is 5.60. The average Bonchev–Trinajstić information content (AvgIpc) is 3.53. The fraction of sp³-hybridized carbons (Fsp3) is 0.650. The highest BCUT2D eigenvalue weighted by Crippen LogP contribution is 2.23. The van der Waals surface area contributed by atoms with Gasteiger partial charge in [-0.15, -0.1) is 0 Å². The second-order valence-corrected chi connectivity index (χ2v) is 7.91. The number of carbonyl (C=O) groups excluding carboxylic acids is 2. The summed E-state index contributed by atoms with van der Waals surface area (Å²) in [7, 11) is 0. The van der Waals surface area contributed by atoms with Gasteiger partial charge in [-0.3, -0.25) is 14.7 Å². The number of hydrogen-bond acceptors (Lipinski definition) is 4. The molecule has 0 unspecified atom stereocenters. The van der Waals surface area contributed by atoms with Gasteiger partial charge in [-0.25, -0.2) is 4.79 Å². The third-order valence-electron chi connectivity index (χ3n) is 5.83. The topological polar surface area (TPSA) is 68.8 Å². The fourth-order valence-corrected chi connectivity index (χ4v) is 3.93. The monoisotopic (exact) mass is 371 g/mol. The van der Waals surface area contributed by atoms with Gasteiger partial charge < -0.3 is 15.1 Å². The number of aromatic nitrogens is 1. The van der Waals surface area contributed by atoms with Crippen LogP contribution >= 0.6 is 0 Å². The molecule has 3 fully saturated rings. The molecule has 2 aliphatic heterocycles. The van der Waals surface area contributed by atoms with Crippen LogP contribution < -0.4 is 5.32 Å². The Kier molecular flexibility index (Phi) is 5.57. The van der Waals surface area contributed by atoms with Gasteiger partial charge in [0.2, 0.25) is 5.91 Å². The number of piperidine rings is 1. The molecule has 1 aromatic rings. The van der Waals surface area contributed by atoms with Crippen LogP contribution in [0.1, 0.15) is 31.4 Å². The summed E-state index contributed by atoms with van der Waals surface area (Å²) in [5.41, 5.74) is 1.08. The van der Waals surface area contributed by atoms with Gasteiger partial charge in [-0.05, 0) is 37.8 Å². The molecule has 7 heteroatoms. The fourth-order valence-electron chi connectivity index (χ4n) is 3.93. The first-order chi connectivity index (χ1) is 13.2. The molecule has 0 radical (unpaired) electrons. The van der Waals surface area contributed by atoms with Crippen molar-refractivity contribution < 1.29 is 9.59 Å². The first-order valence-corrected chi connectivity index (χ1v) is 10.2. The van der Waals surface area contributed by atoms with Gasteiger partial charge in [0.15, 0.2) is 0 Å². The van der Waals surface area contributed by atoms with E-state index >= 15 is 0 Å². The van der Waals surface area contributed by atoms with Crippen LogP contribution in [0.4, 0.5) is 4.79 Å². The summed E-state index contributed by atoms with van der Waals surface area (Å²) in [6.45, 7) is 5.58. The zero-order chi connectivity index (χ0) is 18.6. The highest BCUT2D eigenvalue weighted by molar-refractivity contribution is 5.80. The Morgan fingerprint density at radius 1 is 0.963 bits per heavy atom. The minimum atomic E-state index is 0.0477. The predicted molar refractivity (Wildman–Crippen MR) is 102 cm³/mol. The van der Waals surface area contributed by atoms with Crippen molar-refractivity contribution in [1.29, 1.82) is 0 Å². The minimum absolute atomic E-state index is 0.0477. The maximum atomic E-state index is 12.9. The molecule has 4 rings (SSSR count). The summed E-state index contributed by atoms with van der Waals surface area (Å²) >= 11 is 0. The lowest BCUT2D eigenvalue weighted by molar-refractivity contribution is -0.138. The van der Waals surface area contributed by atoms with E-state index in [4.69, 9.17) is 0 Å². The Balaban J connectivity index is 1.20. The molecule has 0 aromatic carbocycles. The Morgan fingerprint density at radius 3 is 2.33 bits per heavy atom. The summed E-state index contributed by atoms with van der Waals surface area (Å²) in [4.78, 5) is 35.6. The number of amides is 3. The smallest absolute Gasteiger partial charge is 0.317 e. The van der Waals surface area contributed by atoms with Crippen LogP contribution in [0.25, 0.3) is 0 Å². The largest absolute Gasteiger partial charge is 0.340 e. The van der Waals surface area contributed by atoms with Crippen molar-refractivity contribution in [1.82, 2.24) is 25.0 Å². The molecule has 7 nitrogen and oxygen atoms in total. The molecule has 1 aromatic heterocycles. The SMILES string of the molecule is O=C(NC1CC1)N1CCC(C(=O)N2CCN(Cc3ccccn3)CC2)CC1. The van der Waals surface area contributed by atoms with Gasteiger partial charge in [0.1, 0.15) is 0 Å². The molecule has 0 spiro atoms. The van der Waals surface area contributed by atoms with Gasteiger partial charge in [0, 0.05) is 64.0 Å². The van der Waals surface area contributed by atoms with Crippen LogP contribution in [0.5, 0.6) is 0 Å². The van der Waals surface area contributed by atoms with E-state index in [0.29, 0.717) is 19.1 Å². The number of likely N-dealkylation sites (tertiary alicyclic amines) is 1. The second kappa shape index (κ2) is 8.25. The summed E-state index contributed by atoms with van der Waals surface area (Å²) in [5, 5.41) is 3.04. The maximum Gasteiger partial charge on any atom is 0.317 e. The van der Waals surface area contributed by atoms with Crippen LogP contribution in [0.15, 0.2) is 24.4 Å². The number of nitrogens with one attached hydrogen (secondary N) is 1. The Bertz CT molecular complexity index is 648. The Labute approximate surface area is 160 Å². The van der Waals surface area contributed by atoms with E-state index in [9.17, 15) is 9.59 Å². The molecule has 0 bridgehead atoms. The lowest BCUT2D eigenvalue weighted by Crippen LogP contribution is -2.52. The van der Waals surface area contributed by atoms with Crippen LogP contribution in [0.2, 0.25) is 0 Å². The molecule has 0 atom stereocenters. The molecule has 3 heterocycles. The van der Waals surface area contributed by atoms with Gasteiger partial charge in [-0.2, -0.15) is 0 Å². The first kappa shape index (κ1) is 18.2. The van der Waals surface area contributed by atoms with Crippen LogP contribution in [-0.2, 0) is 11.3 Å². The van der Waals surface area contributed by atoms with Crippen molar-refractivity contribution in [2.24, 2.45) is 5.92 Å². The predicted octanol–water partition coefficient (Wildman–Crippen LogP) is 1.31. The summed E-state index contributed by atoms with van der Waals surface area (Å²) in [5.74, 6) is 0.340. The second-order valence-electron chi connectivity index (χ2n) is 7.91. The lowest BCUT2D eigenvalue weighted by atomic mass is 9.95. The number of piperazine rings is 1. The van der Waals surface area contributed by atoms with Crippen LogP contribution in [0.3, 0.4) is 0 Å². The highest BCUT2D eigenvalue weighted by atomic mass is 16.2. The van der Waals surface area contributed by atoms with E-state index in [2.05, 4.69) is 15.2 Å².